The number of methoxy groups -OCH3 is 1. The van der Waals surface area contributed by atoms with Gasteiger partial charge in [-0.2, -0.15) is 5.10 Å². The fourth-order valence-electron chi connectivity index (χ4n) is 2.99. The van der Waals surface area contributed by atoms with Crippen LogP contribution in [0.3, 0.4) is 0 Å². The highest BCUT2D eigenvalue weighted by Gasteiger charge is 2.22. The predicted octanol–water partition coefficient (Wildman–Crippen LogP) is 3.26. The van der Waals surface area contributed by atoms with Gasteiger partial charge in [-0.25, -0.2) is 0 Å². The number of carbonyl (C=O) groups is 1. The van der Waals surface area contributed by atoms with Gasteiger partial charge in [0.2, 0.25) is 0 Å². The summed E-state index contributed by atoms with van der Waals surface area (Å²) in [6.45, 7) is 2.67. The number of hydrogen-bond acceptors (Lipinski definition) is 5. The number of aromatic amines is 1. The summed E-state index contributed by atoms with van der Waals surface area (Å²) in [5.41, 5.74) is 8.74. The molecule has 3 N–H and O–H groups in total. The number of H-pyrrole nitrogens is 1. The summed E-state index contributed by atoms with van der Waals surface area (Å²) in [4.78, 5) is 14.7. The maximum absolute atomic E-state index is 13.0. The van der Waals surface area contributed by atoms with Crippen molar-refractivity contribution in [2.45, 2.75) is 13.0 Å². The molecule has 0 saturated carbocycles. The van der Waals surface area contributed by atoms with E-state index in [1.54, 1.807) is 37.3 Å². The van der Waals surface area contributed by atoms with Gasteiger partial charge in [0.15, 0.2) is 11.5 Å². The van der Waals surface area contributed by atoms with Crippen molar-refractivity contribution >= 4 is 5.91 Å². The molecule has 7 nitrogen and oxygen atoms in total. The lowest BCUT2D eigenvalue weighted by Crippen LogP contribution is -2.30. The van der Waals surface area contributed by atoms with Crippen LogP contribution in [0.4, 0.5) is 0 Å². The number of amides is 1. The summed E-state index contributed by atoms with van der Waals surface area (Å²) >= 11 is 0. The molecule has 0 fully saturated rings. The number of benzene rings is 2. The van der Waals surface area contributed by atoms with Crippen LogP contribution in [0.25, 0.3) is 11.3 Å². The molecule has 1 unspecified atom stereocenters. The molecule has 0 saturated heterocycles. The Bertz CT molecular complexity index is 956. The molecule has 0 aliphatic carbocycles. The minimum Gasteiger partial charge on any atom is -0.493 e. The smallest absolute Gasteiger partial charge is 0.254 e. The van der Waals surface area contributed by atoms with Crippen LogP contribution in [0.1, 0.15) is 29.0 Å². The minimum atomic E-state index is -0.192. The summed E-state index contributed by atoms with van der Waals surface area (Å²) < 4.78 is 10.9. The Balaban J connectivity index is 1.78. The lowest BCUT2D eigenvalue weighted by atomic mass is 10.1. The first kappa shape index (κ1) is 20.4. The van der Waals surface area contributed by atoms with E-state index in [1.165, 1.54) is 0 Å². The highest BCUT2D eigenvalue weighted by Crippen LogP contribution is 2.30. The van der Waals surface area contributed by atoms with E-state index in [0.29, 0.717) is 30.2 Å². The average molecular weight is 394 g/mol. The number of nitrogens with one attached hydrogen (secondary N) is 1. The summed E-state index contributed by atoms with van der Waals surface area (Å²) in [5.74, 6) is 0.929. The maximum Gasteiger partial charge on any atom is 0.254 e. The molecule has 0 spiro atoms. The molecule has 0 aliphatic heterocycles. The molecule has 1 atom stereocenters. The lowest BCUT2D eigenvalue weighted by molar-refractivity contribution is 0.0739. The van der Waals surface area contributed by atoms with Gasteiger partial charge in [-0.15, -0.1) is 0 Å². The molecule has 0 bridgehead atoms. The topological polar surface area (TPSA) is 93.5 Å². The molecule has 1 heterocycles. The SMILES string of the molecule is COc1ccc(C(=O)N(C)C(C)c2cc(-c3ccccc3)n[nH]2)cc1OCCN. The summed E-state index contributed by atoms with van der Waals surface area (Å²) in [7, 11) is 3.32. The number of nitrogens with two attached hydrogens (primary N) is 1. The van der Waals surface area contributed by atoms with Crippen molar-refractivity contribution in [3.63, 3.8) is 0 Å². The largest absolute Gasteiger partial charge is 0.493 e. The first-order valence-electron chi connectivity index (χ1n) is 9.44. The summed E-state index contributed by atoms with van der Waals surface area (Å²) in [6, 6.07) is 16.8. The quantitative estimate of drug-likeness (QED) is 0.612. The molecular formula is C22H26N4O3. The normalized spacial score (nSPS) is 11.7. The molecule has 29 heavy (non-hydrogen) atoms. The molecule has 0 aliphatic rings. The number of carbonyl (C=O) groups excluding carboxylic acids is 1. The van der Waals surface area contributed by atoms with E-state index < -0.39 is 0 Å². The fraction of sp³-hybridized carbons (Fsp3) is 0.273. The minimum absolute atomic E-state index is 0.131. The second-order valence-electron chi connectivity index (χ2n) is 6.67. The molecular weight excluding hydrogens is 368 g/mol. The van der Waals surface area contributed by atoms with Crippen LogP contribution in [0.2, 0.25) is 0 Å². The van der Waals surface area contributed by atoms with Crippen LogP contribution < -0.4 is 15.2 Å². The molecule has 0 radical (unpaired) electrons. The maximum atomic E-state index is 13.0. The van der Waals surface area contributed by atoms with E-state index in [2.05, 4.69) is 10.2 Å². The average Bonchev–Trinajstić information content (AvgIpc) is 3.26. The molecule has 3 rings (SSSR count). The van der Waals surface area contributed by atoms with Gasteiger partial charge in [0.1, 0.15) is 6.61 Å². The number of hydrogen-bond donors (Lipinski definition) is 2. The first-order valence-corrected chi connectivity index (χ1v) is 9.44. The molecule has 3 aromatic rings. The van der Waals surface area contributed by atoms with Crippen molar-refractivity contribution in [2.75, 3.05) is 27.3 Å². The van der Waals surface area contributed by atoms with Crippen LogP contribution in [-0.4, -0.2) is 48.3 Å². The number of nitrogens with zero attached hydrogens (tertiary/aromatic N) is 2. The Morgan fingerprint density at radius 1 is 1.17 bits per heavy atom. The van der Waals surface area contributed by atoms with Crippen molar-refractivity contribution in [1.82, 2.24) is 15.1 Å². The van der Waals surface area contributed by atoms with Crippen LogP contribution >= 0.6 is 0 Å². The van der Waals surface area contributed by atoms with E-state index in [1.807, 2.05) is 43.3 Å². The van der Waals surface area contributed by atoms with Crippen molar-refractivity contribution < 1.29 is 14.3 Å². The Morgan fingerprint density at radius 2 is 1.93 bits per heavy atom. The predicted molar refractivity (Wildman–Crippen MR) is 112 cm³/mol. The van der Waals surface area contributed by atoms with Crippen LogP contribution in [0, 0.1) is 0 Å². The van der Waals surface area contributed by atoms with E-state index in [9.17, 15) is 4.79 Å². The standard InChI is InChI=1S/C22H26N4O3/c1-15(18-14-19(25-24-18)16-7-5-4-6-8-16)26(2)22(27)17-9-10-20(28-3)21(13-17)29-12-11-23/h4-10,13-15H,11-12,23H2,1-3H3,(H,24,25). The zero-order chi connectivity index (χ0) is 20.8. The van der Waals surface area contributed by atoms with Gasteiger partial charge in [-0.3, -0.25) is 9.89 Å². The second-order valence-corrected chi connectivity index (χ2v) is 6.67. The van der Waals surface area contributed by atoms with Crippen molar-refractivity contribution in [3.8, 4) is 22.8 Å². The molecule has 1 aromatic heterocycles. The number of aromatic nitrogens is 2. The zero-order valence-electron chi connectivity index (χ0n) is 16.9. The van der Waals surface area contributed by atoms with E-state index >= 15 is 0 Å². The monoisotopic (exact) mass is 394 g/mol. The third-order valence-corrected chi connectivity index (χ3v) is 4.80. The molecule has 2 aromatic carbocycles. The Labute approximate surface area is 170 Å². The number of rotatable bonds is 8. The van der Waals surface area contributed by atoms with Crippen LogP contribution in [0.5, 0.6) is 11.5 Å². The zero-order valence-corrected chi connectivity index (χ0v) is 16.9. The molecule has 1 amide bonds. The van der Waals surface area contributed by atoms with Crippen LogP contribution in [0.15, 0.2) is 54.6 Å². The van der Waals surface area contributed by atoms with Gasteiger partial charge in [-0.1, -0.05) is 30.3 Å². The summed E-state index contributed by atoms with van der Waals surface area (Å²) in [6.07, 6.45) is 0. The summed E-state index contributed by atoms with van der Waals surface area (Å²) in [5, 5.41) is 7.43. The number of ether oxygens (including phenoxy) is 2. The van der Waals surface area contributed by atoms with E-state index in [0.717, 1.165) is 17.0 Å². The lowest BCUT2D eigenvalue weighted by Gasteiger charge is -2.24. The fourth-order valence-corrected chi connectivity index (χ4v) is 2.99. The third kappa shape index (κ3) is 4.57. The highest BCUT2D eigenvalue weighted by atomic mass is 16.5. The van der Waals surface area contributed by atoms with Crippen LogP contribution in [-0.2, 0) is 0 Å². The van der Waals surface area contributed by atoms with Gasteiger partial charge in [0.25, 0.3) is 5.91 Å². The molecule has 152 valence electrons. The van der Waals surface area contributed by atoms with Gasteiger partial charge in [-0.05, 0) is 31.2 Å². The van der Waals surface area contributed by atoms with Crippen molar-refractivity contribution in [3.05, 3.63) is 65.9 Å². The Hall–Kier alpha value is -3.32. The van der Waals surface area contributed by atoms with Gasteiger partial charge in [0, 0.05) is 24.7 Å². The first-order chi connectivity index (χ1) is 14.0. The van der Waals surface area contributed by atoms with Crippen molar-refractivity contribution in [1.29, 1.82) is 0 Å². The Morgan fingerprint density at radius 3 is 2.62 bits per heavy atom. The molecule has 7 heteroatoms. The van der Waals surface area contributed by atoms with Crippen molar-refractivity contribution in [2.24, 2.45) is 5.73 Å². The third-order valence-electron chi connectivity index (χ3n) is 4.80. The van der Waals surface area contributed by atoms with Gasteiger partial charge < -0.3 is 20.1 Å². The Kier molecular flexibility index (Phi) is 6.51. The van der Waals surface area contributed by atoms with E-state index in [4.69, 9.17) is 15.2 Å². The highest BCUT2D eigenvalue weighted by molar-refractivity contribution is 5.95. The second kappa shape index (κ2) is 9.25. The van der Waals surface area contributed by atoms with Gasteiger partial charge in [0.05, 0.1) is 24.5 Å². The van der Waals surface area contributed by atoms with Gasteiger partial charge >= 0.3 is 0 Å². The van der Waals surface area contributed by atoms with E-state index in [-0.39, 0.29) is 11.9 Å².